The Kier molecular flexibility index (Phi) is 7.45. The van der Waals surface area contributed by atoms with E-state index < -0.39 is 11.9 Å². The molecule has 11 heteroatoms. The van der Waals surface area contributed by atoms with Gasteiger partial charge >= 0.3 is 5.97 Å². The number of para-hydroxylation sites is 1. The summed E-state index contributed by atoms with van der Waals surface area (Å²) in [7, 11) is 0. The van der Waals surface area contributed by atoms with E-state index in [0.717, 1.165) is 11.3 Å². The lowest BCUT2D eigenvalue weighted by atomic mass is 10.1. The zero-order valence-corrected chi connectivity index (χ0v) is 19.8. The van der Waals surface area contributed by atoms with Crippen molar-refractivity contribution in [3.63, 3.8) is 0 Å². The molecule has 3 N–H and O–H groups in total. The molecule has 0 radical (unpaired) electrons. The maximum absolute atomic E-state index is 13.0. The van der Waals surface area contributed by atoms with Crippen molar-refractivity contribution in [2.45, 2.75) is 6.54 Å². The third-order valence-corrected chi connectivity index (χ3v) is 6.51. The van der Waals surface area contributed by atoms with Gasteiger partial charge in [0, 0.05) is 24.3 Å². The molecule has 1 saturated heterocycles. The zero-order valence-electron chi connectivity index (χ0n) is 18.2. The highest BCUT2D eigenvalue weighted by atomic mass is 35.5. The van der Waals surface area contributed by atoms with E-state index in [1.165, 1.54) is 12.1 Å². The summed E-state index contributed by atoms with van der Waals surface area (Å²) in [6.45, 7) is 0.845. The largest absolute Gasteiger partial charge is 0.478 e. The molecule has 1 aromatic heterocycles. The molecule has 0 spiro atoms. The second-order valence-corrected chi connectivity index (χ2v) is 9.25. The van der Waals surface area contributed by atoms with Gasteiger partial charge in [0.25, 0.3) is 17.7 Å². The lowest BCUT2D eigenvalue weighted by Gasteiger charge is -2.26. The monoisotopic (exact) mass is 513 g/mol. The number of rotatable bonds is 7. The Balaban J connectivity index is 1.52. The SMILES string of the molecule is O=C(Nc1c(CNC(=O)c2ccc(Cl)s2)cccc1C(=O)O)c1ccc(N2CCOCC2=O)cc1. The quantitative estimate of drug-likeness (QED) is 0.443. The van der Waals surface area contributed by atoms with Crippen molar-refractivity contribution in [3.8, 4) is 0 Å². The second-order valence-electron chi connectivity index (χ2n) is 7.53. The third-order valence-electron chi connectivity index (χ3n) is 5.28. The molecule has 1 fully saturated rings. The summed E-state index contributed by atoms with van der Waals surface area (Å²) in [5.74, 6) is -2.29. The molecule has 0 unspecified atom stereocenters. The van der Waals surface area contributed by atoms with E-state index in [9.17, 15) is 24.3 Å². The van der Waals surface area contributed by atoms with Crippen molar-refractivity contribution < 1.29 is 29.0 Å². The molecular weight excluding hydrogens is 494 g/mol. The first-order chi connectivity index (χ1) is 16.8. The number of carbonyl (C=O) groups is 4. The number of aromatic carboxylic acids is 1. The second kappa shape index (κ2) is 10.7. The van der Waals surface area contributed by atoms with Crippen molar-refractivity contribution in [1.29, 1.82) is 0 Å². The fourth-order valence-corrected chi connectivity index (χ4v) is 4.50. The third kappa shape index (κ3) is 5.68. The van der Waals surface area contributed by atoms with Crippen LogP contribution in [0.3, 0.4) is 0 Å². The number of amides is 3. The first-order valence-electron chi connectivity index (χ1n) is 10.5. The maximum atomic E-state index is 13.0. The van der Waals surface area contributed by atoms with Crippen molar-refractivity contribution in [1.82, 2.24) is 5.32 Å². The van der Waals surface area contributed by atoms with Crippen LogP contribution < -0.4 is 15.5 Å². The number of anilines is 2. The van der Waals surface area contributed by atoms with Gasteiger partial charge in [0.15, 0.2) is 0 Å². The summed E-state index contributed by atoms with van der Waals surface area (Å²) in [5.41, 5.74) is 1.31. The fourth-order valence-electron chi connectivity index (χ4n) is 3.54. The molecule has 3 aromatic rings. The molecule has 9 nitrogen and oxygen atoms in total. The number of halogens is 1. The Morgan fingerprint density at radius 1 is 1.06 bits per heavy atom. The molecule has 4 rings (SSSR count). The summed E-state index contributed by atoms with van der Waals surface area (Å²) >= 11 is 7.00. The van der Waals surface area contributed by atoms with Gasteiger partial charge in [-0.1, -0.05) is 23.7 Å². The summed E-state index contributed by atoms with van der Waals surface area (Å²) in [4.78, 5) is 51.2. The molecular formula is C24H20ClN3O6S. The van der Waals surface area contributed by atoms with Gasteiger partial charge in [-0.15, -0.1) is 11.3 Å². The van der Waals surface area contributed by atoms with E-state index in [1.807, 2.05) is 0 Å². The van der Waals surface area contributed by atoms with E-state index in [-0.39, 0.29) is 41.8 Å². The van der Waals surface area contributed by atoms with Crippen LogP contribution in [0.5, 0.6) is 0 Å². The molecule has 3 amide bonds. The molecule has 0 aliphatic carbocycles. The highest BCUT2D eigenvalue weighted by Crippen LogP contribution is 2.25. The molecule has 35 heavy (non-hydrogen) atoms. The Bertz CT molecular complexity index is 1290. The number of hydrogen-bond acceptors (Lipinski definition) is 6. The summed E-state index contributed by atoms with van der Waals surface area (Å²) in [5, 5.41) is 15.0. The van der Waals surface area contributed by atoms with Crippen LogP contribution in [0.2, 0.25) is 4.34 Å². The van der Waals surface area contributed by atoms with Crippen molar-refractivity contribution in [2.75, 3.05) is 30.0 Å². The number of ether oxygens (including phenoxy) is 1. The highest BCUT2D eigenvalue weighted by Gasteiger charge is 2.21. The number of carbonyl (C=O) groups excluding carboxylic acids is 3. The molecule has 1 aliphatic rings. The normalized spacial score (nSPS) is 13.4. The van der Waals surface area contributed by atoms with Crippen LogP contribution in [-0.2, 0) is 16.1 Å². The molecule has 0 bridgehead atoms. The Morgan fingerprint density at radius 3 is 2.49 bits per heavy atom. The van der Waals surface area contributed by atoms with Gasteiger partial charge in [-0.3, -0.25) is 14.4 Å². The summed E-state index contributed by atoms with van der Waals surface area (Å²) < 4.78 is 5.60. The lowest BCUT2D eigenvalue weighted by molar-refractivity contribution is -0.125. The standard InChI is InChI=1S/C24H20ClN3O6S/c25-19-9-8-18(35-19)23(31)26-12-15-2-1-3-17(24(32)33)21(15)27-22(30)14-4-6-16(7-5-14)28-10-11-34-13-20(28)29/h1-9H,10-13H2,(H,26,31)(H,27,30)(H,32,33). The topological polar surface area (TPSA) is 125 Å². The van der Waals surface area contributed by atoms with Crippen LogP contribution in [0.1, 0.15) is 36.0 Å². The maximum Gasteiger partial charge on any atom is 0.337 e. The van der Waals surface area contributed by atoms with Gasteiger partial charge in [-0.25, -0.2) is 4.79 Å². The van der Waals surface area contributed by atoms with Gasteiger partial charge < -0.3 is 25.4 Å². The number of nitrogens with zero attached hydrogens (tertiary/aromatic N) is 1. The van der Waals surface area contributed by atoms with Crippen molar-refractivity contribution >= 4 is 58.0 Å². The highest BCUT2D eigenvalue weighted by molar-refractivity contribution is 7.18. The van der Waals surface area contributed by atoms with Gasteiger partial charge in [0.1, 0.15) is 6.61 Å². The van der Waals surface area contributed by atoms with E-state index in [1.54, 1.807) is 47.4 Å². The van der Waals surface area contributed by atoms with Crippen LogP contribution in [0.25, 0.3) is 0 Å². The predicted molar refractivity (Wildman–Crippen MR) is 131 cm³/mol. The molecule has 2 heterocycles. The molecule has 0 atom stereocenters. The molecule has 1 aliphatic heterocycles. The smallest absolute Gasteiger partial charge is 0.337 e. The Labute approximate surface area is 209 Å². The van der Waals surface area contributed by atoms with Gasteiger partial charge in [-0.05, 0) is 48.0 Å². The van der Waals surface area contributed by atoms with Crippen LogP contribution in [0.15, 0.2) is 54.6 Å². The van der Waals surface area contributed by atoms with Crippen LogP contribution in [0, 0.1) is 0 Å². The van der Waals surface area contributed by atoms with E-state index >= 15 is 0 Å². The Morgan fingerprint density at radius 2 is 1.83 bits per heavy atom. The first-order valence-corrected chi connectivity index (χ1v) is 11.7. The number of carboxylic acids is 1. The van der Waals surface area contributed by atoms with Crippen molar-refractivity contribution in [3.05, 3.63) is 80.5 Å². The average molecular weight is 514 g/mol. The summed E-state index contributed by atoms with van der Waals surface area (Å²) in [6.07, 6.45) is 0. The Hall–Kier alpha value is -3.73. The minimum atomic E-state index is -1.22. The number of thiophene rings is 1. The summed E-state index contributed by atoms with van der Waals surface area (Å²) in [6, 6.07) is 14.1. The predicted octanol–water partition coefficient (Wildman–Crippen LogP) is 3.65. The van der Waals surface area contributed by atoms with Gasteiger partial charge in [0.2, 0.25) is 0 Å². The van der Waals surface area contributed by atoms with E-state index in [4.69, 9.17) is 16.3 Å². The number of carboxylic acid groups (broad SMARTS) is 1. The van der Waals surface area contributed by atoms with E-state index in [0.29, 0.717) is 33.6 Å². The van der Waals surface area contributed by atoms with Crippen LogP contribution >= 0.6 is 22.9 Å². The number of nitrogens with one attached hydrogen (secondary N) is 2. The number of morpholine rings is 1. The first kappa shape index (κ1) is 24.4. The number of benzene rings is 2. The van der Waals surface area contributed by atoms with Crippen LogP contribution in [0.4, 0.5) is 11.4 Å². The van der Waals surface area contributed by atoms with Crippen LogP contribution in [-0.4, -0.2) is 48.6 Å². The zero-order chi connectivity index (χ0) is 24.9. The minimum Gasteiger partial charge on any atom is -0.478 e. The number of hydrogen-bond donors (Lipinski definition) is 3. The van der Waals surface area contributed by atoms with Gasteiger partial charge in [0.05, 0.1) is 27.1 Å². The van der Waals surface area contributed by atoms with Gasteiger partial charge in [-0.2, -0.15) is 0 Å². The fraction of sp³-hybridized carbons (Fsp3) is 0.167. The lowest BCUT2D eigenvalue weighted by Crippen LogP contribution is -2.41. The molecule has 2 aromatic carbocycles. The molecule has 0 saturated carbocycles. The van der Waals surface area contributed by atoms with Crippen molar-refractivity contribution in [2.24, 2.45) is 0 Å². The van der Waals surface area contributed by atoms with E-state index in [2.05, 4.69) is 10.6 Å². The molecule has 180 valence electrons. The minimum absolute atomic E-state index is 0.00699. The average Bonchev–Trinajstić information content (AvgIpc) is 3.29.